The topological polar surface area (TPSA) is 90.3 Å². The lowest BCUT2D eigenvalue weighted by Gasteiger charge is -2.15. The number of hydrogen-bond donors (Lipinski definition) is 1. The lowest BCUT2D eigenvalue weighted by atomic mass is 10.1. The SMILES string of the molecule is CCNS(=O)(=O)c1ccc(/C=C/C(=O)N(C)Cc2ccc(C#N)cc2)cc1. The molecule has 0 aliphatic rings. The third-order valence-electron chi connectivity index (χ3n) is 3.82. The second-order valence-electron chi connectivity index (χ2n) is 5.91. The van der Waals surface area contributed by atoms with Crippen LogP contribution in [0.4, 0.5) is 0 Å². The molecule has 0 saturated carbocycles. The molecule has 0 aliphatic carbocycles. The number of amides is 1. The van der Waals surface area contributed by atoms with E-state index in [4.69, 9.17) is 5.26 Å². The molecule has 0 radical (unpaired) electrons. The van der Waals surface area contributed by atoms with Crippen LogP contribution in [0, 0.1) is 11.3 Å². The standard InChI is InChI=1S/C20H21N3O3S/c1-3-22-27(25,26)19-11-8-16(9-12-19)10-13-20(24)23(2)15-18-6-4-17(14-21)5-7-18/h4-13,22H,3,15H2,1-2H3/b13-10+. The maximum atomic E-state index is 12.2. The first-order valence-electron chi connectivity index (χ1n) is 8.37. The summed E-state index contributed by atoms with van der Waals surface area (Å²) in [6.07, 6.45) is 3.08. The molecule has 2 aromatic carbocycles. The van der Waals surface area contributed by atoms with Crippen molar-refractivity contribution in [2.24, 2.45) is 0 Å². The number of likely N-dealkylation sites (N-methyl/N-ethyl adjacent to an activating group) is 1. The zero-order valence-electron chi connectivity index (χ0n) is 15.2. The molecule has 27 heavy (non-hydrogen) atoms. The summed E-state index contributed by atoms with van der Waals surface area (Å²) in [5, 5.41) is 8.80. The monoisotopic (exact) mass is 383 g/mol. The fourth-order valence-corrected chi connectivity index (χ4v) is 3.40. The van der Waals surface area contributed by atoms with Crippen LogP contribution in [0.3, 0.4) is 0 Å². The fourth-order valence-electron chi connectivity index (χ4n) is 2.36. The third kappa shape index (κ3) is 5.78. The fraction of sp³-hybridized carbons (Fsp3) is 0.200. The lowest BCUT2D eigenvalue weighted by Crippen LogP contribution is -2.24. The Bertz CT molecular complexity index is 957. The summed E-state index contributed by atoms with van der Waals surface area (Å²) in [5.41, 5.74) is 2.23. The third-order valence-corrected chi connectivity index (χ3v) is 5.38. The van der Waals surface area contributed by atoms with E-state index in [9.17, 15) is 13.2 Å². The van der Waals surface area contributed by atoms with Gasteiger partial charge in [0.1, 0.15) is 0 Å². The van der Waals surface area contributed by atoms with E-state index in [0.29, 0.717) is 18.7 Å². The van der Waals surface area contributed by atoms with Gasteiger partial charge in [-0.15, -0.1) is 0 Å². The minimum Gasteiger partial charge on any atom is -0.338 e. The van der Waals surface area contributed by atoms with Crippen molar-refractivity contribution in [3.8, 4) is 6.07 Å². The molecule has 140 valence electrons. The summed E-state index contributed by atoms with van der Waals surface area (Å²) in [7, 11) is -1.79. The highest BCUT2D eigenvalue weighted by Crippen LogP contribution is 2.12. The quantitative estimate of drug-likeness (QED) is 0.744. The Hall–Kier alpha value is -2.95. The highest BCUT2D eigenvalue weighted by atomic mass is 32.2. The maximum Gasteiger partial charge on any atom is 0.246 e. The van der Waals surface area contributed by atoms with Gasteiger partial charge >= 0.3 is 0 Å². The second-order valence-corrected chi connectivity index (χ2v) is 7.67. The van der Waals surface area contributed by atoms with Crippen LogP contribution in [-0.4, -0.2) is 32.8 Å². The number of nitrogens with one attached hydrogen (secondary N) is 1. The molecule has 7 heteroatoms. The molecule has 0 aliphatic heterocycles. The average molecular weight is 383 g/mol. The molecular weight excluding hydrogens is 362 g/mol. The van der Waals surface area contributed by atoms with Crippen molar-refractivity contribution in [1.82, 2.24) is 9.62 Å². The van der Waals surface area contributed by atoms with Gasteiger partial charge < -0.3 is 4.90 Å². The average Bonchev–Trinajstić information content (AvgIpc) is 2.67. The van der Waals surface area contributed by atoms with Gasteiger partial charge in [0.2, 0.25) is 15.9 Å². The van der Waals surface area contributed by atoms with Crippen LogP contribution in [0.1, 0.15) is 23.6 Å². The number of benzene rings is 2. The largest absolute Gasteiger partial charge is 0.338 e. The molecule has 1 N–H and O–H groups in total. The molecular formula is C20H21N3O3S. The number of carbonyl (C=O) groups excluding carboxylic acids is 1. The van der Waals surface area contributed by atoms with Crippen molar-refractivity contribution in [2.75, 3.05) is 13.6 Å². The molecule has 0 fully saturated rings. The Kier molecular flexibility index (Phi) is 6.88. The van der Waals surface area contributed by atoms with E-state index >= 15 is 0 Å². The Morgan fingerprint density at radius 1 is 1.15 bits per heavy atom. The predicted molar refractivity (Wildman–Crippen MR) is 104 cm³/mol. The molecule has 0 spiro atoms. The summed E-state index contributed by atoms with van der Waals surface area (Å²) < 4.78 is 26.2. The van der Waals surface area contributed by atoms with Crippen LogP contribution in [0.5, 0.6) is 0 Å². The van der Waals surface area contributed by atoms with Crippen LogP contribution in [0.2, 0.25) is 0 Å². The van der Waals surface area contributed by atoms with Gasteiger partial charge in [-0.3, -0.25) is 4.79 Å². The van der Waals surface area contributed by atoms with E-state index in [1.165, 1.54) is 18.2 Å². The van der Waals surface area contributed by atoms with E-state index in [2.05, 4.69) is 10.8 Å². The number of nitriles is 1. The van der Waals surface area contributed by atoms with Gasteiger partial charge in [-0.05, 0) is 41.5 Å². The first-order valence-corrected chi connectivity index (χ1v) is 9.86. The number of carbonyl (C=O) groups is 1. The first kappa shape index (κ1) is 20.4. The Balaban J connectivity index is 1.99. The molecule has 1 amide bonds. The van der Waals surface area contributed by atoms with Crippen LogP contribution in [-0.2, 0) is 21.4 Å². The first-order chi connectivity index (χ1) is 12.9. The molecule has 2 rings (SSSR count). The van der Waals surface area contributed by atoms with Crippen molar-refractivity contribution in [1.29, 1.82) is 5.26 Å². The Morgan fingerprint density at radius 2 is 1.78 bits per heavy atom. The molecule has 0 heterocycles. The van der Waals surface area contributed by atoms with Crippen LogP contribution < -0.4 is 4.72 Å². The maximum absolute atomic E-state index is 12.2. The molecule has 0 saturated heterocycles. The summed E-state index contributed by atoms with van der Waals surface area (Å²) in [6.45, 7) is 2.47. The number of sulfonamides is 1. The summed E-state index contributed by atoms with van der Waals surface area (Å²) in [6, 6.07) is 15.4. The summed E-state index contributed by atoms with van der Waals surface area (Å²) in [5.74, 6) is -0.177. The van der Waals surface area contributed by atoms with Gasteiger partial charge in [-0.25, -0.2) is 13.1 Å². The van der Waals surface area contributed by atoms with Crippen molar-refractivity contribution < 1.29 is 13.2 Å². The van der Waals surface area contributed by atoms with Crippen LogP contribution in [0.15, 0.2) is 59.5 Å². The predicted octanol–water partition coefficient (Wildman–Crippen LogP) is 2.53. The Labute approximate surface area is 159 Å². The molecule has 0 aromatic heterocycles. The van der Waals surface area contributed by atoms with Crippen molar-refractivity contribution >= 4 is 22.0 Å². The van der Waals surface area contributed by atoms with E-state index < -0.39 is 10.0 Å². The van der Waals surface area contributed by atoms with Gasteiger partial charge in [0, 0.05) is 26.2 Å². The molecule has 0 atom stereocenters. The van der Waals surface area contributed by atoms with Gasteiger partial charge in [0.25, 0.3) is 0 Å². The highest BCUT2D eigenvalue weighted by molar-refractivity contribution is 7.89. The second kappa shape index (κ2) is 9.12. The van der Waals surface area contributed by atoms with E-state index in [0.717, 1.165) is 11.1 Å². The van der Waals surface area contributed by atoms with Gasteiger partial charge in [-0.1, -0.05) is 31.2 Å². The summed E-state index contributed by atoms with van der Waals surface area (Å²) in [4.78, 5) is 14.0. The number of hydrogen-bond acceptors (Lipinski definition) is 4. The van der Waals surface area contributed by atoms with Crippen molar-refractivity contribution in [3.63, 3.8) is 0 Å². The van der Waals surface area contributed by atoms with E-state index in [1.807, 2.05) is 12.1 Å². The van der Waals surface area contributed by atoms with Crippen LogP contribution in [0.25, 0.3) is 6.08 Å². The highest BCUT2D eigenvalue weighted by Gasteiger charge is 2.11. The minimum absolute atomic E-state index is 0.177. The lowest BCUT2D eigenvalue weighted by molar-refractivity contribution is -0.125. The zero-order chi connectivity index (χ0) is 19.9. The number of nitrogens with zero attached hydrogens (tertiary/aromatic N) is 2. The Morgan fingerprint density at radius 3 is 2.33 bits per heavy atom. The zero-order valence-corrected chi connectivity index (χ0v) is 16.0. The van der Waals surface area contributed by atoms with Gasteiger partial charge in [0.15, 0.2) is 0 Å². The minimum atomic E-state index is -3.48. The van der Waals surface area contributed by atoms with Crippen LogP contribution >= 0.6 is 0 Å². The normalized spacial score (nSPS) is 11.3. The van der Waals surface area contributed by atoms with E-state index in [1.54, 1.807) is 49.2 Å². The van der Waals surface area contributed by atoms with Crippen molar-refractivity contribution in [3.05, 3.63) is 71.3 Å². The molecule has 2 aromatic rings. The summed E-state index contributed by atoms with van der Waals surface area (Å²) >= 11 is 0. The molecule has 6 nitrogen and oxygen atoms in total. The van der Waals surface area contributed by atoms with Crippen molar-refractivity contribution in [2.45, 2.75) is 18.4 Å². The van der Waals surface area contributed by atoms with Gasteiger partial charge in [-0.2, -0.15) is 5.26 Å². The smallest absolute Gasteiger partial charge is 0.246 e. The molecule has 0 bridgehead atoms. The van der Waals surface area contributed by atoms with Gasteiger partial charge in [0.05, 0.1) is 16.5 Å². The molecule has 0 unspecified atom stereocenters. The van der Waals surface area contributed by atoms with E-state index in [-0.39, 0.29) is 10.8 Å². The number of rotatable bonds is 7.